The van der Waals surface area contributed by atoms with E-state index in [-0.39, 0.29) is 17.8 Å². The van der Waals surface area contributed by atoms with E-state index < -0.39 is 0 Å². The average Bonchev–Trinajstić information content (AvgIpc) is 2.98. The van der Waals surface area contributed by atoms with Gasteiger partial charge in [-0.2, -0.15) is 0 Å². The van der Waals surface area contributed by atoms with Crippen LogP contribution >= 0.6 is 11.8 Å². The van der Waals surface area contributed by atoms with Gasteiger partial charge in [-0.25, -0.2) is 0 Å². The van der Waals surface area contributed by atoms with Crippen LogP contribution < -0.4 is 9.47 Å². The number of hydrogen-bond acceptors (Lipinski definition) is 5. The van der Waals surface area contributed by atoms with Crippen molar-refractivity contribution in [3.8, 4) is 23.8 Å². The smallest absolute Gasteiger partial charge is 0.293 e. The molecular formula is C22H19NO4S. The molecule has 1 aliphatic rings. The molecule has 0 aliphatic carbocycles. The molecule has 0 bridgehead atoms. The molecule has 2 aromatic carbocycles. The Morgan fingerprint density at radius 2 is 1.93 bits per heavy atom. The van der Waals surface area contributed by atoms with Crippen molar-refractivity contribution in [1.29, 1.82) is 0 Å². The Labute approximate surface area is 168 Å². The summed E-state index contributed by atoms with van der Waals surface area (Å²) in [5, 5.41) is -0.256. The minimum absolute atomic E-state index is 0.135. The van der Waals surface area contributed by atoms with Crippen molar-refractivity contribution in [2.75, 3.05) is 20.3 Å². The number of carbonyl (C=O) groups is 2. The van der Waals surface area contributed by atoms with Gasteiger partial charge in [0.1, 0.15) is 6.61 Å². The number of carbonyl (C=O) groups excluding carboxylic acids is 2. The van der Waals surface area contributed by atoms with Crippen molar-refractivity contribution in [3.05, 3.63) is 64.6 Å². The summed E-state index contributed by atoms with van der Waals surface area (Å²) in [5.41, 5.74) is 1.82. The number of imide groups is 1. The normalized spacial score (nSPS) is 15.0. The van der Waals surface area contributed by atoms with Crippen LogP contribution in [-0.2, 0) is 11.2 Å². The lowest BCUT2D eigenvalue weighted by atomic mass is 10.1. The highest BCUT2D eigenvalue weighted by molar-refractivity contribution is 8.18. The first kappa shape index (κ1) is 19.6. The average molecular weight is 393 g/mol. The molecule has 1 fully saturated rings. The molecule has 0 aromatic heterocycles. The van der Waals surface area contributed by atoms with E-state index in [1.54, 1.807) is 24.3 Å². The van der Waals surface area contributed by atoms with Crippen LogP contribution in [0.3, 0.4) is 0 Å². The van der Waals surface area contributed by atoms with Crippen LogP contribution in [0.5, 0.6) is 11.5 Å². The van der Waals surface area contributed by atoms with Gasteiger partial charge in [0.2, 0.25) is 0 Å². The molecule has 28 heavy (non-hydrogen) atoms. The summed E-state index contributed by atoms with van der Waals surface area (Å²) < 4.78 is 10.7. The molecule has 2 amide bonds. The Morgan fingerprint density at radius 1 is 1.14 bits per heavy atom. The quantitative estimate of drug-likeness (QED) is 0.526. The van der Waals surface area contributed by atoms with Gasteiger partial charge in [0.15, 0.2) is 11.5 Å². The predicted molar refractivity (Wildman–Crippen MR) is 110 cm³/mol. The zero-order valence-corrected chi connectivity index (χ0v) is 16.2. The summed E-state index contributed by atoms with van der Waals surface area (Å²) >= 11 is 0.943. The SMILES string of the molecule is C#CCOc1ccc(/C=C2\SC(=O)N(CCc3ccccc3)C2=O)cc1OC. The molecule has 1 aliphatic heterocycles. The Hall–Kier alpha value is -3.17. The molecule has 0 saturated carbocycles. The number of methoxy groups -OCH3 is 1. The molecule has 3 rings (SSSR count). The molecule has 142 valence electrons. The van der Waals surface area contributed by atoms with Gasteiger partial charge in [-0.15, -0.1) is 6.42 Å². The van der Waals surface area contributed by atoms with Crippen LogP contribution in [0.15, 0.2) is 53.4 Å². The Balaban J connectivity index is 1.73. The lowest BCUT2D eigenvalue weighted by molar-refractivity contribution is -0.122. The van der Waals surface area contributed by atoms with E-state index in [0.717, 1.165) is 22.9 Å². The van der Waals surface area contributed by atoms with E-state index in [0.29, 0.717) is 29.4 Å². The fourth-order valence-electron chi connectivity index (χ4n) is 2.74. The maximum atomic E-state index is 12.6. The number of amides is 2. The van der Waals surface area contributed by atoms with Crippen LogP contribution in [0.25, 0.3) is 6.08 Å². The number of nitrogens with zero attached hydrogens (tertiary/aromatic N) is 1. The number of rotatable bonds is 7. The number of benzene rings is 2. The number of hydrogen-bond donors (Lipinski definition) is 0. The van der Waals surface area contributed by atoms with Gasteiger partial charge in [0.25, 0.3) is 11.1 Å². The highest BCUT2D eigenvalue weighted by Gasteiger charge is 2.34. The number of terminal acetylenes is 1. The van der Waals surface area contributed by atoms with E-state index >= 15 is 0 Å². The van der Waals surface area contributed by atoms with Gasteiger partial charge in [-0.3, -0.25) is 14.5 Å². The minimum atomic E-state index is -0.280. The summed E-state index contributed by atoms with van der Waals surface area (Å²) in [6, 6.07) is 15.0. The fraction of sp³-hybridized carbons (Fsp3) is 0.182. The summed E-state index contributed by atoms with van der Waals surface area (Å²) in [5.74, 6) is 3.15. The predicted octanol–water partition coefficient (Wildman–Crippen LogP) is 3.99. The topological polar surface area (TPSA) is 55.8 Å². The molecule has 0 radical (unpaired) electrons. The second-order valence-electron chi connectivity index (χ2n) is 5.97. The summed E-state index contributed by atoms with van der Waals surface area (Å²) in [6.45, 7) is 0.490. The van der Waals surface area contributed by atoms with Gasteiger partial charge < -0.3 is 9.47 Å². The third-order valence-corrected chi connectivity index (χ3v) is 5.04. The van der Waals surface area contributed by atoms with Gasteiger partial charge in [0, 0.05) is 6.54 Å². The van der Waals surface area contributed by atoms with E-state index in [1.807, 2.05) is 30.3 Å². The molecule has 0 unspecified atom stereocenters. The molecule has 1 saturated heterocycles. The van der Waals surface area contributed by atoms with E-state index in [4.69, 9.17) is 15.9 Å². The third-order valence-electron chi connectivity index (χ3n) is 4.14. The molecule has 0 N–H and O–H groups in total. The molecule has 6 heteroatoms. The van der Waals surface area contributed by atoms with Gasteiger partial charge in [-0.05, 0) is 47.5 Å². The Kier molecular flexibility index (Phi) is 6.41. The standard InChI is InChI=1S/C22H19NO4S/c1-3-13-27-18-10-9-17(14-19(18)26-2)15-20-21(24)23(22(25)28-20)12-11-16-7-5-4-6-8-16/h1,4-10,14-15H,11-13H2,2H3/b20-15-. The first-order valence-corrected chi connectivity index (χ1v) is 9.47. The second kappa shape index (κ2) is 9.16. The first-order chi connectivity index (χ1) is 13.6. The Morgan fingerprint density at radius 3 is 2.64 bits per heavy atom. The minimum Gasteiger partial charge on any atom is -0.493 e. The lowest BCUT2D eigenvalue weighted by Gasteiger charge is -2.12. The molecule has 0 atom stereocenters. The molecule has 2 aromatic rings. The maximum absolute atomic E-state index is 12.6. The highest BCUT2D eigenvalue weighted by Crippen LogP contribution is 2.34. The summed E-state index contributed by atoms with van der Waals surface area (Å²) in [6.07, 6.45) is 7.52. The molecule has 0 spiro atoms. The van der Waals surface area contributed by atoms with Crippen molar-refractivity contribution >= 4 is 29.0 Å². The van der Waals surface area contributed by atoms with Crippen LogP contribution in [-0.4, -0.2) is 36.3 Å². The maximum Gasteiger partial charge on any atom is 0.293 e. The van der Waals surface area contributed by atoms with Crippen molar-refractivity contribution in [2.24, 2.45) is 0 Å². The highest BCUT2D eigenvalue weighted by atomic mass is 32.2. The van der Waals surface area contributed by atoms with E-state index in [9.17, 15) is 9.59 Å². The first-order valence-electron chi connectivity index (χ1n) is 8.66. The fourth-order valence-corrected chi connectivity index (χ4v) is 3.61. The largest absolute Gasteiger partial charge is 0.493 e. The number of ether oxygens (including phenoxy) is 2. The van der Waals surface area contributed by atoms with Gasteiger partial charge in [0.05, 0.1) is 12.0 Å². The molecule has 1 heterocycles. The molecule has 5 nitrogen and oxygen atoms in total. The van der Waals surface area contributed by atoms with Crippen molar-refractivity contribution in [3.63, 3.8) is 0 Å². The van der Waals surface area contributed by atoms with Crippen LogP contribution in [0, 0.1) is 12.3 Å². The van der Waals surface area contributed by atoms with Gasteiger partial charge in [-0.1, -0.05) is 42.3 Å². The lowest BCUT2D eigenvalue weighted by Crippen LogP contribution is -2.30. The molecular weight excluding hydrogens is 374 g/mol. The summed E-state index contributed by atoms with van der Waals surface area (Å²) in [7, 11) is 1.53. The summed E-state index contributed by atoms with van der Waals surface area (Å²) in [4.78, 5) is 26.6. The van der Waals surface area contributed by atoms with Crippen molar-refractivity contribution < 1.29 is 19.1 Å². The van der Waals surface area contributed by atoms with E-state index in [2.05, 4.69) is 5.92 Å². The van der Waals surface area contributed by atoms with Crippen molar-refractivity contribution in [2.45, 2.75) is 6.42 Å². The second-order valence-corrected chi connectivity index (χ2v) is 6.97. The van der Waals surface area contributed by atoms with Crippen LogP contribution in [0.1, 0.15) is 11.1 Å². The van der Waals surface area contributed by atoms with Gasteiger partial charge >= 0.3 is 0 Å². The number of thioether (sulfide) groups is 1. The van der Waals surface area contributed by atoms with Crippen LogP contribution in [0.4, 0.5) is 4.79 Å². The monoisotopic (exact) mass is 393 g/mol. The van der Waals surface area contributed by atoms with E-state index in [1.165, 1.54) is 12.0 Å². The zero-order valence-electron chi connectivity index (χ0n) is 15.4. The van der Waals surface area contributed by atoms with Crippen molar-refractivity contribution in [1.82, 2.24) is 4.90 Å². The Bertz CT molecular complexity index is 947. The third kappa shape index (κ3) is 4.56. The van der Waals surface area contributed by atoms with Crippen LogP contribution in [0.2, 0.25) is 0 Å². The zero-order chi connectivity index (χ0) is 19.9.